The highest BCUT2D eigenvalue weighted by atomic mass is 32.1. The molecule has 0 saturated carbocycles. The lowest BCUT2D eigenvalue weighted by atomic mass is 10.0. The van der Waals surface area contributed by atoms with Crippen LogP contribution in [0.1, 0.15) is 40.8 Å². The summed E-state index contributed by atoms with van der Waals surface area (Å²) in [5.74, 6) is 0.218. The molecule has 4 rings (SSSR count). The van der Waals surface area contributed by atoms with Gasteiger partial charge in [-0.15, -0.1) is 0 Å². The van der Waals surface area contributed by atoms with Crippen LogP contribution < -0.4 is 5.32 Å². The van der Waals surface area contributed by atoms with Crippen LogP contribution in [0.3, 0.4) is 0 Å². The highest BCUT2D eigenvalue weighted by Gasteiger charge is 2.42. The summed E-state index contributed by atoms with van der Waals surface area (Å²) in [5, 5.41) is 3.66. The van der Waals surface area contributed by atoms with Gasteiger partial charge in [0, 0.05) is 11.8 Å². The van der Waals surface area contributed by atoms with Crippen molar-refractivity contribution in [1.82, 2.24) is 15.2 Å². The maximum atomic E-state index is 12.3. The summed E-state index contributed by atoms with van der Waals surface area (Å²) in [6.07, 6.45) is 1.70. The molecular weight excluding hydrogens is 442 g/mol. The second-order valence-corrected chi connectivity index (χ2v) is 7.69. The fourth-order valence-electron chi connectivity index (χ4n) is 3.87. The van der Waals surface area contributed by atoms with Crippen molar-refractivity contribution in [1.29, 1.82) is 0 Å². The molecule has 0 spiro atoms. The standard InChI is InChI=1S/C24H23N3O5S/c1-3-31-20(28)14-27-22(21(26-24(27)33)17-10-6-7-13-25-17)19-12-11-18(32-19)15-8-4-5-9-16(15)23(29)30-2/h4-13,21-22H,3,14H2,1-2H3,(H,26,33)/t21-,22+/m0/s1. The van der Waals surface area contributed by atoms with Gasteiger partial charge in [0.2, 0.25) is 0 Å². The maximum Gasteiger partial charge on any atom is 0.338 e. The summed E-state index contributed by atoms with van der Waals surface area (Å²) in [6, 6.07) is 15.5. The first-order valence-electron chi connectivity index (χ1n) is 10.4. The van der Waals surface area contributed by atoms with Crippen LogP contribution >= 0.6 is 12.2 Å². The van der Waals surface area contributed by atoms with E-state index in [4.69, 9.17) is 26.1 Å². The number of hydrogen-bond acceptors (Lipinski definition) is 7. The maximum absolute atomic E-state index is 12.3. The summed E-state index contributed by atoms with van der Waals surface area (Å²) >= 11 is 5.54. The number of ether oxygens (including phenoxy) is 2. The smallest absolute Gasteiger partial charge is 0.338 e. The Morgan fingerprint density at radius 1 is 1.15 bits per heavy atom. The van der Waals surface area contributed by atoms with Crippen LogP contribution in [0.15, 0.2) is 65.2 Å². The number of hydrogen-bond donors (Lipinski definition) is 1. The Morgan fingerprint density at radius 3 is 2.67 bits per heavy atom. The minimum atomic E-state index is -0.456. The predicted octanol–water partition coefficient (Wildman–Crippen LogP) is 3.66. The van der Waals surface area contributed by atoms with Gasteiger partial charge in [-0.1, -0.05) is 24.3 Å². The van der Waals surface area contributed by atoms with Gasteiger partial charge in [0.25, 0.3) is 0 Å². The number of carbonyl (C=O) groups is 2. The van der Waals surface area contributed by atoms with Crippen molar-refractivity contribution in [3.05, 3.63) is 77.8 Å². The summed E-state index contributed by atoms with van der Waals surface area (Å²) in [5.41, 5.74) is 1.75. The Balaban J connectivity index is 1.74. The number of esters is 2. The molecule has 2 atom stereocenters. The topological polar surface area (TPSA) is 93.9 Å². The number of furan rings is 1. The predicted molar refractivity (Wildman–Crippen MR) is 124 cm³/mol. The first-order valence-corrected chi connectivity index (χ1v) is 10.9. The average molecular weight is 466 g/mol. The van der Waals surface area contributed by atoms with Gasteiger partial charge >= 0.3 is 11.9 Å². The number of thiocarbonyl (C=S) groups is 1. The zero-order valence-corrected chi connectivity index (χ0v) is 19.0. The monoisotopic (exact) mass is 465 g/mol. The molecule has 8 nitrogen and oxygen atoms in total. The number of methoxy groups -OCH3 is 1. The third-order valence-electron chi connectivity index (χ3n) is 5.32. The molecule has 1 fully saturated rings. The minimum Gasteiger partial charge on any atom is -0.465 e. The molecule has 1 aromatic carbocycles. The van der Waals surface area contributed by atoms with E-state index in [0.717, 1.165) is 5.69 Å². The van der Waals surface area contributed by atoms with Crippen LogP contribution in [0.5, 0.6) is 0 Å². The van der Waals surface area contributed by atoms with Crippen molar-refractivity contribution >= 4 is 29.3 Å². The van der Waals surface area contributed by atoms with Crippen LogP contribution in [0, 0.1) is 0 Å². The fourth-order valence-corrected chi connectivity index (χ4v) is 4.18. The van der Waals surface area contributed by atoms with Gasteiger partial charge in [0.1, 0.15) is 24.1 Å². The molecule has 3 aromatic rings. The lowest BCUT2D eigenvalue weighted by molar-refractivity contribution is -0.143. The SMILES string of the molecule is CCOC(=O)CN1C(=S)N[C@@H](c2ccccn2)[C@H]1c1ccc(-c2ccccc2C(=O)OC)o1. The number of aromatic nitrogens is 1. The van der Waals surface area contributed by atoms with Gasteiger partial charge in [-0.05, 0) is 49.5 Å². The van der Waals surface area contributed by atoms with E-state index in [1.807, 2.05) is 30.3 Å². The van der Waals surface area contributed by atoms with E-state index >= 15 is 0 Å². The first kappa shape index (κ1) is 22.5. The Labute approximate surface area is 196 Å². The van der Waals surface area contributed by atoms with Gasteiger partial charge in [0.15, 0.2) is 5.11 Å². The van der Waals surface area contributed by atoms with Crippen molar-refractivity contribution in [3.8, 4) is 11.3 Å². The summed E-state index contributed by atoms with van der Waals surface area (Å²) in [7, 11) is 1.34. The number of pyridine rings is 1. The number of rotatable bonds is 7. The average Bonchev–Trinajstić information content (AvgIpc) is 3.44. The van der Waals surface area contributed by atoms with E-state index in [2.05, 4.69) is 10.3 Å². The van der Waals surface area contributed by atoms with Gasteiger partial charge in [0.05, 0.1) is 31.0 Å². The number of nitrogens with zero attached hydrogens (tertiary/aromatic N) is 2. The van der Waals surface area contributed by atoms with Gasteiger partial charge in [-0.2, -0.15) is 0 Å². The van der Waals surface area contributed by atoms with Crippen molar-refractivity contribution < 1.29 is 23.5 Å². The zero-order valence-electron chi connectivity index (χ0n) is 18.2. The van der Waals surface area contributed by atoms with E-state index < -0.39 is 18.0 Å². The van der Waals surface area contributed by atoms with E-state index in [0.29, 0.717) is 27.8 Å². The highest BCUT2D eigenvalue weighted by molar-refractivity contribution is 7.80. The summed E-state index contributed by atoms with van der Waals surface area (Å²) in [6.45, 7) is 1.99. The number of nitrogens with one attached hydrogen (secondary N) is 1. The van der Waals surface area contributed by atoms with Crippen LogP contribution in [0.25, 0.3) is 11.3 Å². The Hall–Kier alpha value is -3.72. The summed E-state index contributed by atoms with van der Waals surface area (Å²) < 4.78 is 16.3. The molecule has 0 radical (unpaired) electrons. The second kappa shape index (κ2) is 9.83. The van der Waals surface area contributed by atoms with E-state index in [9.17, 15) is 9.59 Å². The molecule has 3 heterocycles. The number of carbonyl (C=O) groups excluding carboxylic acids is 2. The van der Waals surface area contributed by atoms with Crippen molar-refractivity contribution in [2.45, 2.75) is 19.0 Å². The molecule has 170 valence electrons. The largest absolute Gasteiger partial charge is 0.465 e. The van der Waals surface area contributed by atoms with Gasteiger partial charge in [-0.3, -0.25) is 9.78 Å². The fraction of sp³-hybridized carbons (Fsp3) is 0.250. The van der Waals surface area contributed by atoms with Crippen LogP contribution in [-0.2, 0) is 14.3 Å². The molecular formula is C24H23N3O5S. The molecule has 2 aromatic heterocycles. The zero-order chi connectivity index (χ0) is 23.4. The quantitative estimate of drug-likeness (QED) is 0.414. The number of benzene rings is 1. The highest BCUT2D eigenvalue weighted by Crippen LogP contribution is 2.40. The molecule has 0 aliphatic carbocycles. The van der Waals surface area contributed by atoms with E-state index in [1.165, 1.54) is 7.11 Å². The molecule has 1 aliphatic rings. The Bertz CT molecular complexity index is 1160. The normalized spacial score (nSPS) is 17.5. The van der Waals surface area contributed by atoms with Gasteiger partial charge < -0.3 is 24.1 Å². The van der Waals surface area contributed by atoms with E-state index in [1.54, 1.807) is 42.3 Å². The van der Waals surface area contributed by atoms with Crippen LogP contribution in [-0.4, -0.2) is 47.2 Å². The van der Waals surface area contributed by atoms with Crippen molar-refractivity contribution in [3.63, 3.8) is 0 Å². The third-order valence-corrected chi connectivity index (χ3v) is 5.67. The second-order valence-electron chi connectivity index (χ2n) is 7.30. The first-order chi connectivity index (χ1) is 16.0. The third kappa shape index (κ3) is 4.58. The van der Waals surface area contributed by atoms with Gasteiger partial charge in [-0.25, -0.2) is 4.79 Å². The Kier molecular flexibility index (Phi) is 6.69. The molecule has 0 unspecified atom stereocenters. The lowest BCUT2D eigenvalue weighted by Gasteiger charge is -2.25. The molecule has 0 bridgehead atoms. The van der Waals surface area contributed by atoms with Crippen LogP contribution in [0.2, 0.25) is 0 Å². The van der Waals surface area contributed by atoms with Crippen molar-refractivity contribution in [2.24, 2.45) is 0 Å². The van der Waals surface area contributed by atoms with E-state index in [-0.39, 0.29) is 19.2 Å². The van der Waals surface area contributed by atoms with Crippen LogP contribution in [0.4, 0.5) is 0 Å². The van der Waals surface area contributed by atoms with Crippen molar-refractivity contribution in [2.75, 3.05) is 20.3 Å². The molecule has 9 heteroatoms. The molecule has 0 amide bonds. The minimum absolute atomic E-state index is 0.0392. The Morgan fingerprint density at radius 2 is 1.94 bits per heavy atom. The molecule has 1 saturated heterocycles. The molecule has 1 N–H and O–H groups in total. The lowest BCUT2D eigenvalue weighted by Crippen LogP contribution is -2.35. The molecule has 1 aliphatic heterocycles. The summed E-state index contributed by atoms with van der Waals surface area (Å²) in [4.78, 5) is 30.7. The molecule has 33 heavy (non-hydrogen) atoms.